The average molecular weight is 338 g/mol. The Balaban J connectivity index is 0.00000162. The van der Waals surface area contributed by atoms with Crippen LogP contribution in [0.25, 0.3) is 0 Å². The molecule has 3 N–H and O–H groups in total. The quantitative estimate of drug-likeness (QED) is 0.891. The van der Waals surface area contributed by atoms with Gasteiger partial charge >= 0.3 is 0 Å². The summed E-state index contributed by atoms with van der Waals surface area (Å²) in [5, 5.41) is 2.84. The van der Waals surface area contributed by atoms with Crippen LogP contribution < -0.4 is 11.1 Å². The molecule has 0 bridgehead atoms. The van der Waals surface area contributed by atoms with Crippen molar-refractivity contribution in [3.05, 3.63) is 22.6 Å². The number of hydrogen-bond donors (Lipinski definition) is 2. The Morgan fingerprint density at radius 2 is 2.06 bits per heavy atom. The summed E-state index contributed by atoms with van der Waals surface area (Å²) in [6.45, 7) is 0.518. The van der Waals surface area contributed by atoms with Gasteiger partial charge in [0.1, 0.15) is 0 Å². The maximum absolute atomic E-state index is 11.8. The fourth-order valence-corrected chi connectivity index (χ4v) is 2.52. The number of carbonyl (C=O) groups is 1. The van der Waals surface area contributed by atoms with Crippen molar-refractivity contribution < 1.29 is 9.21 Å². The molecule has 18 heavy (non-hydrogen) atoms. The van der Waals surface area contributed by atoms with E-state index in [4.69, 9.17) is 10.2 Å². The standard InChI is InChI=1S/C12H17BrN2O2.ClH/c13-10-5-4-9(17-10)11(16)15-8-12(14)6-2-1-3-7-12;/h4-5H,1-3,6-8,14H2,(H,15,16);1H. The molecule has 1 aliphatic rings. The van der Waals surface area contributed by atoms with Gasteiger partial charge in [0.25, 0.3) is 5.91 Å². The molecule has 0 spiro atoms. The third-order valence-corrected chi connectivity index (χ3v) is 3.67. The lowest BCUT2D eigenvalue weighted by molar-refractivity contribution is 0.0908. The van der Waals surface area contributed by atoms with Crippen LogP contribution in [0.5, 0.6) is 0 Å². The molecule has 0 saturated heterocycles. The third-order valence-electron chi connectivity index (χ3n) is 3.25. The van der Waals surface area contributed by atoms with Gasteiger partial charge in [-0.15, -0.1) is 12.4 Å². The van der Waals surface area contributed by atoms with Crippen LogP contribution >= 0.6 is 28.3 Å². The van der Waals surface area contributed by atoms with Gasteiger partial charge in [0.2, 0.25) is 0 Å². The normalized spacial score (nSPS) is 17.9. The van der Waals surface area contributed by atoms with Crippen LogP contribution in [0.3, 0.4) is 0 Å². The molecule has 1 aromatic rings. The molecule has 1 fully saturated rings. The van der Waals surface area contributed by atoms with Crippen LogP contribution in [0, 0.1) is 0 Å². The van der Waals surface area contributed by atoms with Gasteiger partial charge in [-0.3, -0.25) is 4.79 Å². The van der Waals surface area contributed by atoms with E-state index in [0.717, 1.165) is 25.7 Å². The minimum absolute atomic E-state index is 0. The molecule has 1 heterocycles. The zero-order valence-electron chi connectivity index (χ0n) is 10.1. The minimum Gasteiger partial charge on any atom is -0.444 e. The van der Waals surface area contributed by atoms with Gasteiger partial charge in [-0.25, -0.2) is 0 Å². The third kappa shape index (κ3) is 4.00. The second kappa shape index (κ2) is 6.59. The highest BCUT2D eigenvalue weighted by Gasteiger charge is 2.28. The van der Waals surface area contributed by atoms with Crippen molar-refractivity contribution in [2.75, 3.05) is 6.54 Å². The molecule has 4 nitrogen and oxygen atoms in total. The van der Waals surface area contributed by atoms with Gasteiger partial charge in [-0.1, -0.05) is 19.3 Å². The maximum Gasteiger partial charge on any atom is 0.287 e. The highest BCUT2D eigenvalue weighted by atomic mass is 79.9. The fourth-order valence-electron chi connectivity index (χ4n) is 2.21. The van der Waals surface area contributed by atoms with E-state index in [1.165, 1.54) is 6.42 Å². The van der Waals surface area contributed by atoms with Crippen LogP contribution in [0.15, 0.2) is 21.2 Å². The van der Waals surface area contributed by atoms with E-state index in [0.29, 0.717) is 17.0 Å². The first kappa shape index (κ1) is 15.5. The van der Waals surface area contributed by atoms with Crippen LogP contribution in [-0.4, -0.2) is 18.0 Å². The SMILES string of the molecule is Cl.NC1(CNC(=O)c2ccc(Br)o2)CCCCC1. The number of nitrogens with one attached hydrogen (secondary N) is 1. The summed E-state index contributed by atoms with van der Waals surface area (Å²) in [6.07, 6.45) is 5.51. The van der Waals surface area contributed by atoms with Crippen LogP contribution in [0.1, 0.15) is 42.7 Å². The monoisotopic (exact) mass is 336 g/mol. The molecule has 102 valence electrons. The van der Waals surface area contributed by atoms with Gasteiger partial charge in [0.15, 0.2) is 10.4 Å². The van der Waals surface area contributed by atoms with Crippen molar-refractivity contribution in [3.63, 3.8) is 0 Å². The predicted octanol–water partition coefficient (Wildman–Crippen LogP) is 2.86. The van der Waals surface area contributed by atoms with Gasteiger partial charge in [-0.2, -0.15) is 0 Å². The molecule has 0 aliphatic heterocycles. The van der Waals surface area contributed by atoms with Crippen LogP contribution in [0.2, 0.25) is 0 Å². The number of carbonyl (C=O) groups excluding carboxylic acids is 1. The van der Waals surface area contributed by atoms with Crippen molar-refractivity contribution in [1.29, 1.82) is 0 Å². The number of rotatable bonds is 3. The zero-order valence-corrected chi connectivity index (χ0v) is 12.5. The molecule has 0 atom stereocenters. The van der Waals surface area contributed by atoms with Crippen molar-refractivity contribution in [2.45, 2.75) is 37.6 Å². The highest BCUT2D eigenvalue weighted by Crippen LogP contribution is 2.25. The van der Waals surface area contributed by atoms with Crippen molar-refractivity contribution in [2.24, 2.45) is 5.73 Å². The smallest absolute Gasteiger partial charge is 0.287 e. The lowest BCUT2D eigenvalue weighted by Crippen LogP contribution is -2.51. The van der Waals surface area contributed by atoms with Gasteiger partial charge < -0.3 is 15.5 Å². The predicted molar refractivity (Wildman–Crippen MR) is 76.0 cm³/mol. The van der Waals surface area contributed by atoms with Gasteiger partial charge in [0, 0.05) is 12.1 Å². The first-order valence-electron chi connectivity index (χ1n) is 5.91. The first-order valence-corrected chi connectivity index (χ1v) is 6.71. The minimum atomic E-state index is -0.238. The Kier molecular flexibility index (Phi) is 5.69. The lowest BCUT2D eigenvalue weighted by Gasteiger charge is -2.33. The number of furan rings is 1. The summed E-state index contributed by atoms with van der Waals surface area (Å²) in [7, 11) is 0. The molecule has 0 aromatic carbocycles. The van der Waals surface area contributed by atoms with E-state index in [1.54, 1.807) is 12.1 Å². The first-order chi connectivity index (χ1) is 8.09. The fraction of sp³-hybridized carbons (Fsp3) is 0.583. The second-order valence-corrected chi connectivity index (χ2v) is 5.49. The Labute approximate surface area is 121 Å². The Bertz CT molecular complexity index is 403. The van der Waals surface area contributed by atoms with E-state index in [2.05, 4.69) is 21.2 Å². The summed E-state index contributed by atoms with van der Waals surface area (Å²) in [5.41, 5.74) is 6.00. The molecule has 1 aromatic heterocycles. The van der Waals surface area contributed by atoms with Gasteiger partial charge in [0.05, 0.1) is 0 Å². The highest BCUT2D eigenvalue weighted by molar-refractivity contribution is 9.10. The van der Waals surface area contributed by atoms with E-state index in [9.17, 15) is 4.79 Å². The summed E-state index contributed by atoms with van der Waals surface area (Å²) in [4.78, 5) is 11.8. The lowest BCUT2D eigenvalue weighted by atomic mass is 9.82. The molecule has 6 heteroatoms. The van der Waals surface area contributed by atoms with E-state index < -0.39 is 0 Å². The van der Waals surface area contributed by atoms with E-state index >= 15 is 0 Å². The average Bonchev–Trinajstić information content (AvgIpc) is 2.74. The largest absolute Gasteiger partial charge is 0.444 e. The summed E-state index contributed by atoms with van der Waals surface area (Å²) in [6, 6.07) is 3.34. The molecule has 2 rings (SSSR count). The molecule has 1 aliphatic carbocycles. The molecule has 1 saturated carbocycles. The van der Waals surface area contributed by atoms with Gasteiger partial charge in [-0.05, 0) is 40.9 Å². The van der Waals surface area contributed by atoms with Crippen LogP contribution in [-0.2, 0) is 0 Å². The zero-order chi connectivity index (χ0) is 12.3. The molecular formula is C12H18BrClN2O2. The summed E-state index contributed by atoms with van der Waals surface area (Å²) >= 11 is 3.17. The Morgan fingerprint density at radius 3 is 2.61 bits per heavy atom. The molecule has 0 radical (unpaired) electrons. The molecule has 1 amide bonds. The summed E-state index contributed by atoms with van der Waals surface area (Å²) < 4.78 is 5.74. The van der Waals surface area contributed by atoms with Crippen LogP contribution in [0.4, 0.5) is 0 Å². The topological polar surface area (TPSA) is 68.3 Å². The summed E-state index contributed by atoms with van der Waals surface area (Å²) in [5.74, 6) is 0.113. The molecule has 0 unspecified atom stereocenters. The maximum atomic E-state index is 11.8. The Morgan fingerprint density at radius 1 is 1.39 bits per heavy atom. The number of nitrogens with two attached hydrogens (primary N) is 1. The van der Waals surface area contributed by atoms with Crippen molar-refractivity contribution >= 4 is 34.2 Å². The number of halogens is 2. The number of hydrogen-bond acceptors (Lipinski definition) is 3. The number of amides is 1. The second-order valence-electron chi connectivity index (χ2n) is 4.71. The van der Waals surface area contributed by atoms with E-state index in [-0.39, 0.29) is 23.9 Å². The van der Waals surface area contributed by atoms with Crippen molar-refractivity contribution in [1.82, 2.24) is 5.32 Å². The van der Waals surface area contributed by atoms with E-state index in [1.807, 2.05) is 0 Å². The van der Waals surface area contributed by atoms with Crippen molar-refractivity contribution in [3.8, 4) is 0 Å². The molecular weight excluding hydrogens is 320 g/mol. The Hall–Kier alpha value is -0.520.